The highest BCUT2D eigenvalue weighted by atomic mass is 16.3. The van der Waals surface area contributed by atoms with Crippen LogP contribution in [0.1, 0.15) is 11.1 Å². The second-order valence-electron chi connectivity index (χ2n) is 6.07. The molecule has 1 heterocycles. The van der Waals surface area contributed by atoms with Crippen molar-refractivity contribution < 1.29 is 15.3 Å². The largest absolute Gasteiger partial charge is 0.508 e. The lowest BCUT2D eigenvalue weighted by Crippen LogP contribution is -2.09. The Morgan fingerprint density at radius 1 is 0.846 bits per heavy atom. The highest BCUT2D eigenvalue weighted by molar-refractivity contribution is 5.84. The number of aromatic hydroxyl groups is 3. The molecule has 0 aliphatic heterocycles. The van der Waals surface area contributed by atoms with Gasteiger partial charge in [-0.3, -0.25) is 0 Å². The molecule has 0 fully saturated rings. The van der Waals surface area contributed by atoms with E-state index >= 15 is 0 Å². The van der Waals surface area contributed by atoms with Crippen LogP contribution in [0.4, 0.5) is 0 Å². The van der Waals surface area contributed by atoms with E-state index in [0.29, 0.717) is 5.75 Å². The first-order chi connectivity index (χ1) is 12.5. The summed E-state index contributed by atoms with van der Waals surface area (Å²) in [5.41, 5.74) is 3.33. The van der Waals surface area contributed by atoms with Crippen LogP contribution in [0.5, 0.6) is 17.2 Å². The number of aromatic nitrogens is 1. The third-order valence-corrected chi connectivity index (χ3v) is 4.10. The van der Waals surface area contributed by atoms with E-state index in [1.807, 2.05) is 26.4 Å². The zero-order valence-corrected chi connectivity index (χ0v) is 15.2. The third kappa shape index (κ3) is 5.40. The van der Waals surface area contributed by atoms with E-state index in [4.69, 9.17) is 10.2 Å². The molecule has 0 spiro atoms. The zero-order valence-electron chi connectivity index (χ0n) is 15.2. The van der Waals surface area contributed by atoms with E-state index in [-0.39, 0.29) is 11.5 Å². The van der Waals surface area contributed by atoms with E-state index in [1.165, 1.54) is 11.6 Å². The Morgan fingerprint density at radius 2 is 1.58 bits per heavy atom. The van der Waals surface area contributed by atoms with Crippen molar-refractivity contribution in [2.75, 3.05) is 27.2 Å². The van der Waals surface area contributed by atoms with E-state index in [0.717, 1.165) is 42.4 Å². The summed E-state index contributed by atoms with van der Waals surface area (Å²) in [6.07, 6.45) is 3.83. The molecule has 26 heavy (non-hydrogen) atoms. The molecule has 2 aromatic carbocycles. The van der Waals surface area contributed by atoms with Gasteiger partial charge in [0, 0.05) is 17.1 Å². The van der Waals surface area contributed by atoms with E-state index in [1.54, 1.807) is 24.3 Å². The maximum Gasteiger partial charge on any atom is 0.157 e. The van der Waals surface area contributed by atoms with Crippen LogP contribution in [-0.2, 0) is 12.8 Å². The van der Waals surface area contributed by atoms with E-state index in [2.05, 4.69) is 15.6 Å². The summed E-state index contributed by atoms with van der Waals surface area (Å²) in [5, 5.41) is 34.7. The van der Waals surface area contributed by atoms with Gasteiger partial charge in [-0.1, -0.05) is 6.07 Å². The van der Waals surface area contributed by atoms with Gasteiger partial charge in [0.2, 0.25) is 0 Å². The van der Waals surface area contributed by atoms with Crippen molar-refractivity contribution in [3.05, 3.63) is 53.7 Å². The van der Waals surface area contributed by atoms with E-state index in [9.17, 15) is 5.11 Å². The summed E-state index contributed by atoms with van der Waals surface area (Å²) in [5.74, 6) is 0.203. The van der Waals surface area contributed by atoms with Crippen molar-refractivity contribution in [1.29, 1.82) is 0 Å². The number of aromatic amines is 1. The van der Waals surface area contributed by atoms with Crippen molar-refractivity contribution in [2.45, 2.75) is 12.8 Å². The number of nitrogens with one attached hydrogen (secondary N) is 3. The molecule has 6 nitrogen and oxygen atoms in total. The molecule has 3 rings (SSSR count). The lowest BCUT2D eigenvalue weighted by Gasteiger charge is -2.02. The summed E-state index contributed by atoms with van der Waals surface area (Å²) in [6, 6.07) is 10.3. The second kappa shape index (κ2) is 9.70. The maximum atomic E-state index is 9.37. The highest BCUT2D eigenvalue weighted by Crippen LogP contribution is 2.25. The first kappa shape index (κ1) is 19.6. The number of rotatable bonds is 6. The molecule has 6 N–H and O–H groups in total. The summed E-state index contributed by atoms with van der Waals surface area (Å²) in [6.45, 7) is 1.81. The van der Waals surface area contributed by atoms with Gasteiger partial charge in [-0.05, 0) is 81.5 Å². The average molecular weight is 357 g/mol. The zero-order chi connectivity index (χ0) is 18.9. The second-order valence-corrected chi connectivity index (χ2v) is 6.07. The van der Waals surface area contributed by atoms with Crippen LogP contribution in [0.15, 0.2) is 42.6 Å². The number of H-pyrrole nitrogens is 1. The van der Waals surface area contributed by atoms with Gasteiger partial charge in [0.25, 0.3) is 0 Å². The molecule has 0 unspecified atom stereocenters. The number of likely N-dealkylation sites (N-methyl/N-ethyl adjacent to an activating group) is 2. The number of hydrogen-bond donors (Lipinski definition) is 6. The van der Waals surface area contributed by atoms with Crippen LogP contribution in [0.2, 0.25) is 0 Å². The molecule has 1 aromatic heterocycles. The predicted molar refractivity (Wildman–Crippen MR) is 105 cm³/mol. The van der Waals surface area contributed by atoms with Gasteiger partial charge < -0.3 is 30.9 Å². The number of phenolic OH excluding ortho intramolecular Hbond substituents is 3. The third-order valence-electron chi connectivity index (χ3n) is 4.10. The van der Waals surface area contributed by atoms with Gasteiger partial charge in [-0.15, -0.1) is 0 Å². The number of benzene rings is 2. The molecule has 0 saturated carbocycles. The van der Waals surface area contributed by atoms with Gasteiger partial charge in [0.15, 0.2) is 11.5 Å². The number of hydrogen-bond acceptors (Lipinski definition) is 5. The van der Waals surface area contributed by atoms with Crippen molar-refractivity contribution in [3.8, 4) is 17.2 Å². The summed E-state index contributed by atoms with van der Waals surface area (Å²) in [7, 11) is 3.81. The molecule has 140 valence electrons. The smallest absolute Gasteiger partial charge is 0.157 e. The molecule has 0 bridgehead atoms. The van der Waals surface area contributed by atoms with Crippen LogP contribution in [0.25, 0.3) is 10.9 Å². The lowest BCUT2D eigenvalue weighted by atomic mass is 10.1. The van der Waals surface area contributed by atoms with Crippen LogP contribution in [0.3, 0.4) is 0 Å². The molecule has 6 heteroatoms. The number of phenols is 3. The monoisotopic (exact) mass is 357 g/mol. The summed E-state index contributed by atoms with van der Waals surface area (Å²) >= 11 is 0. The Balaban J connectivity index is 0.000000190. The minimum Gasteiger partial charge on any atom is -0.508 e. The molecule has 3 aromatic rings. The van der Waals surface area contributed by atoms with Crippen molar-refractivity contribution in [1.82, 2.24) is 15.6 Å². The lowest BCUT2D eigenvalue weighted by molar-refractivity contribution is 0.403. The molecule has 0 atom stereocenters. The van der Waals surface area contributed by atoms with Crippen molar-refractivity contribution >= 4 is 10.9 Å². The minimum atomic E-state index is -0.0665. The molecule has 0 amide bonds. The Labute approximate surface area is 153 Å². The Kier molecular flexibility index (Phi) is 7.32. The molecule has 0 aliphatic carbocycles. The van der Waals surface area contributed by atoms with Crippen LogP contribution in [0, 0.1) is 0 Å². The van der Waals surface area contributed by atoms with Crippen LogP contribution in [-0.4, -0.2) is 47.5 Å². The van der Waals surface area contributed by atoms with Crippen molar-refractivity contribution in [3.63, 3.8) is 0 Å². The standard InChI is InChI=1S/C11H14N2O.C9H13NO2/c1-12-5-4-8-7-13-11-3-2-9(14)6-10(8)11;1-10-5-4-7-2-3-8(11)9(12)6-7/h2-3,6-7,12-14H,4-5H2,1H3;2-3,6,10-12H,4-5H2,1H3. The van der Waals surface area contributed by atoms with Gasteiger partial charge in [0.05, 0.1) is 0 Å². The summed E-state index contributed by atoms with van der Waals surface area (Å²) in [4.78, 5) is 3.19. The fourth-order valence-corrected chi connectivity index (χ4v) is 2.63. The SMILES string of the molecule is CNCCc1c[nH]c2ccc(O)cc12.CNCCc1ccc(O)c(O)c1. The molecule has 0 radical (unpaired) electrons. The maximum absolute atomic E-state index is 9.37. The molecule has 0 aliphatic rings. The minimum absolute atomic E-state index is 0.0522. The van der Waals surface area contributed by atoms with E-state index < -0.39 is 0 Å². The Morgan fingerprint density at radius 3 is 2.27 bits per heavy atom. The van der Waals surface area contributed by atoms with Gasteiger partial charge in [-0.25, -0.2) is 0 Å². The molecular weight excluding hydrogens is 330 g/mol. The number of fused-ring (bicyclic) bond motifs is 1. The van der Waals surface area contributed by atoms with Gasteiger partial charge in [-0.2, -0.15) is 0 Å². The topological polar surface area (TPSA) is 101 Å². The normalized spacial score (nSPS) is 10.5. The fraction of sp³-hybridized carbons (Fsp3) is 0.300. The Hall–Kier alpha value is -2.70. The van der Waals surface area contributed by atoms with Crippen LogP contribution < -0.4 is 10.6 Å². The molecular formula is C20H27N3O3. The van der Waals surface area contributed by atoms with Crippen LogP contribution >= 0.6 is 0 Å². The predicted octanol–water partition coefficient (Wildman–Crippen LogP) is 2.50. The van der Waals surface area contributed by atoms with Gasteiger partial charge in [0.1, 0.15) is 5.75 Å². The summed E-state index contributed by atoms with van der Waals surface area (Å²) < 4.78 is 0. The van der Waals surface area contributed by atoms with Crippen molar-refractivity contribution in [2.24, 2.45) is 0 Å². The first-order valence-electron chi connectivity index (χ1n) is 8.64. The average Bonchev–Trinajstić information content (AvgIpc) is 3.03. The van der Waals surface area contributed by atoms with Gasteiger partial charge >= 0.3 is 0 Å². The highest BCUT2D eigenvalue weighted by Gasteiger charge is 2.03. The quantitative estimate of drug-likeness (QED) is 0.381. The first-order valence-corrected chi connectivity index (χ1v) is 8.64. The fourth-order valence-electron chi connectivity index (χ4n) is 2.63. The Bertz CT molecular complexity index is 830. The molecule has 0 saturated heterocycles.